The van der Waals surface area contributed by atoms with Crippen molar-refractivity contribution in [1.29, 1.82) is 0 Å². The maximum atomic E-state index is 5.96. The molecule has 0 amide bonds. The van der Waals surface area contributed by atoms with Crippen molar-refractivity contribution in [1.82, 2.24) is 5.32 Å². The zero-order chi connectivity index (χ0) is 12.5. The van der Waals surface area contributed by atoms with E-state index in [1.807, 2.05) is 0 Å². The van der Waals surface area contributed by atoms with Crippen LogP contribution in [0.4, 0.5) is 0 Å². The van der Waals surface area contributed by atoms with E-state index in [1.54, 1.807) is 25.3 Å². The number of hydrogen-bond donors (Lipinski definition) is 1. The van der Waals surface area contributed by atoms with E-state index in [2.05, 4.69) is 5.32 Å². The van der Waals surface area contributed by atoms with Crippen molar-refractivity contribution in [3.8, 4) is 5.75 Å². The molecule has 1 rings (SSSR count). The van der Waals surface area contributed by atoms with Crippen molar-refractivity contribution >= 4 is 23.2 Å². The zero-order valence-corrected chi connectivity index (χ0v) is 11.4. The van der Waals surface area contributed by atoms with Gasteiger partial charge in [0.2, 0.25) is 0 Å². The third kappa shape index (κ3) is 6.13. The van der Waals surface area contributed by atoms with Crippen LogP contribution in [0.3, 0.4) is 0 Å². The van der Waals surface area contributed by atoms with Crippen LogP contribution >= 0.6 is 23.2 Å². The molecule has 0 radical (unpaired) electrons. The Hall–Kier alpha value is -0.480. The summed E-state index contributed by atoms with van der Waals surface area (Å²) in [5.41, 5.74) is 0. The van der Waals surface area contributed by atoms with Crippen molar-refractivity contribution in [3.63, 3.8) is 0 Å². The van der Waals surface area contributed by atoms with E-state index in [0.717, 1.165) is 26.1 Å². The van der Waals surface area contributed by atoms with Crippen LogP contribution in [0.15, 0.2) is 18.2 Å². The summed E-state index contributed by atoms with van der Waals surface area (Å²) < 4.78 is 10.5. The fourth-order valence-corrected chi connectivity index (χ4v) is 1.75. The summed E-state index contributed by atoms with van der Waals surface area (Å²) in [7, 11) is 1.70. The predicted molar refractivity (Wildman–Crippen MR) is 71.3 cm³/mol. The first-order valence-electron chi connectivity index (χ1n) is 5.51. The number of benzene rings is 1. The lowest BCUT2D eigenvalue weighted by Crippen LogP contribution is -2.22. The maximum absolute atomic E-state index is 5.96. The van der Waals surface area contributed by atoms with Crippen LogP contribution in [0.2, 0.25) is 10.0 Å². The van der Waals surface area contributed by atoms with E-state index in [0.29, 0.717) is 22.4 Å². The fraction of sp³-hybridized carbons (Fsp3) is 0.500. The SMILES string of the molecule is COCCCNCCOc1ccc(Cl)cc1Cl. The molecule has 0 fully saturated rings. The van der Waals surface area contributed by atoms with Crippen molar-refractivity contribution in [2.75, 3.05) is 33.4 Å². The molecule has 0 aliphatic carbocycles. The van der Waals surface area contributed by atoms with Crippen LogP contribution in [-0.4, -0.2) is 33.4 Å². The highest BCUT2D eigenvalue weighted by molar-refractivity contribution is 6.35. The number of halogens is 2. The van der Waals surface area contributed by atoms with Gasteiger partial charge in [0.05, 0.1) is 5.02 Å². The lowest BCUT2D eigenvalue weighted by molar-refractivity contribution is 0.193. The molecule has 1 aromatic rings. The number of nitrogens with one attached hydrogen (secondary N) is 1. The molecule has 3 nitrogen and oxygen atoms in total. The second-order valence-electron chi connectivity index (χ2n) is 3.52. The van der Waals surface area contributed by atoms with Crippen LogP contribution in [0.25, 0.3) is 0 Å². The Kier molecular flexibility index (Phi) is 7.37. The minimum atomic E-state index is 0.539. The molecule has 0 saturated carbocycles. The summed E-state index contributed by atoms with van der Waals surface area (Å²) in [6, 6.07) is 5.20. The minimum Gasteiger partial charge on any atom is -0.491 e. The van der Waals surface area contributed by atoms with Gasteiger partial charge in [0.1, 0.15) is 12.4 Å². The molecule has 0 saturated heterocycles. The molecule has 0 unspecified atom stereocenters. The van der Waals surface area contributed by atoms with Gasteiger partial charge in [-0.15, -0.1) is 0 Å². The molecule has 17 heavy (non-hydrogen) atoms. The highest BCUT2D eigenvalue weighted by Crippen LogP contribution is 2.27. The van der Waals surface area contributed by atoms with Gasteiger partial charge in [0.15, 0.2) is 0 Å². The monoisotopic (exact) mass is 277 g/mol. The van der Waals surface area contributed by atoms with Gasteiger partial charge in [-0.3, -0.25) is 0 Å². The smallest absolute Gasteiger partial charge is 0.138 e. The topological polar surface area (TPSA) is 30.5 Å². The van der Waals surface area contributed by atoms with Crippen LogP contribution in [0.1, 0.15) is 6.42 Å². The third-order valence-electron chi connectivity index (χ3n) is 2.13. The fourth-order valence-electron chi connectivity index (χ4n) is 1.29. The molecule has 5 heteroatoms. The summed E-state index contributed by atoms with van der Waals surface area (Å²) in [5, 5.41) is 4.40. The van der Waals surface area contributed by atoms with Crippen molar-refractivity contribution in [2.45, 2.75) is 6.42 Å². The van der Waals surface area contributed by atoms with E-state index in [9.17, 15) is 0 Å². The summed E-state index contributed by atoms with van der Waals surface area (Å²) in [5.74, 6) is 0.662. The van der Waals surface area contributed by atoms with Gasteiger partial charge in [0, 0.05) is 25.3 Å². The standard InChI is InChI=1S/C12H17Cl2NO2/c1-16-7-2-5-15-6-8-17-12-4-3-10(13)9-11(12)14/h3-4,9,15H,2,5-8H2,1H3. The van der Waals surface area contributed by atoms with Gasteiger partial charge in [-0.2, -0.15) is 0 Å². The summed E-state index contributed by atoms with van der Waals surface area (Å²) >= 11 is 11.7. The molecule has 0 aromatic heterocycles. The molecular weight excluding hydrogens is 261 g/mol. The first-order chi connectivity index (χ1) is 8.24. The third-order valence-corrected chi connectivity index (χ3v) is 2.66. The molecule has 0 atom stereocenters. The minimum absolute atomic E-state index is 0.539. The molecule has 0 aliphatic heterocycles. The van der Waals surface area contributed by atoms with E-state index in [4.69, 9.17) is 32.7 Å². The molecule has 0 aliphatic rings. The second-order valence-corrected chi connectivity index (χ2v) is 4.36. The second kappa shape index (κ2) is 8.59. The largest absolute Gasteiger partial charge is 0.491 e. The average molecular weight is 278 g/mol. The predicted octanol–water partition coefficient (Wildman–Crippen LogP) is 3.00. The Morgan fingerprint density at radius 1 is 1.18 bits per heavy atom. The molecule has 96 valence electrons. The molecule has 1 N–H and O–H groups in total. The van der Waals surface area contributed by atoms with E-state index >= 15 is 0 Å². The van der Waals surface area contributed by atoms with Crippen LogP contribution in [0.5, 0.6) is 5.75 Å². The van der Waals surface area contributed by atoms with Gasteiger partial charge >= 0.3 is 0 Å². The molecule has 0 heterocycles. The molecular formula is C12H17Cl2NO2. The van der Waals surface area contributed by atoms with E-state index < -0.39 is 0 Å². The Morgan fingerprint density at radius 2 is 2.00 bits per heavy atom. The first-order valence-corrected chi connectivity index (χ1v) is 6.27. The zero-order valence-electron chi connectivity index (χ0n) is 9.84. The molecule has 0 bridgehead atoms. The Morgan fingerprint density at radius 3 is 2.71 bits per heavy atom. The first kappa shape index (κ1) is 14.6. The number of rotatable bonds is 8. The van der Waals surface area contributed by atoms with Crippen LogP contribution in [-0.2, 0) is 4.74 Å². The number of ether oxygens (including phenoxy) is 2. The quantitative estimate of drug-likeness (QED) is 0.741. The highest BCUT2D eigenvalue weighted by Gasteiger charge is 2.01. The normalized spacial score (nSPS) is 10.5. The maximum Gasteiger partial charge on any atom is 0.138 e. The van der Waals surface area contributed by atoms with Crippen LogP contribution < -0.4 is 10.1 Å². The molecule has 0 spiro atoms. The van der Waals surface area contributed by atoms with Gasteiger partial charge in [-0.05, 0) is 31.2 Å². The van der Waals surface area contributed by atoms with Crippen molar-refractivity contribution < 1.29 is 9.47 Å². The van der Waals surface area contributed by atoms with Crippen molar-refractivity contribution in [3.05, 3.63) is 28.2 Å². The van der Waals surface area contributed by atoms with E-state index in [-0.39, 0.29) is 0 Å². The van der Waals surface area contributed by atoms with Crippen LogP contribution in [0, 0.1) is 0 Å². The average Bonchev–Trinajstić information content (AvgIpc) is 2.30. The Labute approximate surface area is 112 Å². The van der Waals surface area contributed by atoms with Crippen molar-refractivity contribution in [2.24, 2.45) is 0 Å². The molecule has 1 aromatic carbocycles. The van der Waals surface area contributed by atoms with Gasteiger partial charge in [-0.25, -0.2) is 0 Å². The summed E-state index contributed by atoms with van der Waals surface area (Å²) in [6.45, 7) is 3.05. The highest BCUT2D eigenvalue weighted by atomic mass is 35.5. The lowest BCUT2D eigenvalue weighted by Gasteiger charge is -2.09. The summed E-state index contributed by atoms with van der Waals surface area (Å²) in [6.07, 6.45) is 0.998. The number of hydrogen-bond acceptors (Lipinski definition) is 3. The van der Waals surface area contributed by atoms with Gasteiger partial charge in [-0.1, -0.05) is 23.2 Å². The van der Waals surface area contributed by atoms with E-state index in [1.165, 1.54) is 0 Å². The summed E-state index contributed by atoms with van der Waals surface area (Å²) in [4.78, 5) is 0. The lowest BCUT2D eigenvalue weighted by atomic mass is 10.3. The number of methoxy groups -OCH3 is 1. The van der Waals surface area contributed by atoms with Gasteiger partial charge < -0.3 is 14.8 Å². The Balaban J connectivity index is 2.14. The van der Waals surface area contributed by atoms with Gasteiger partial charge in [0.25, 0.3) is 0 Å². The Bertz CT molecular complexity index is 334.